The molecule has 0 bridgehead atoms. The summed E-state index contributed by atoms with van der Waals surface area (Å²) in [6, 6.07) is 10.7. The maximum Gasteiger partial charge on any atom is 0.387 e. The van der Waals surface area contributed by atoms with E-state index in [9.17, 15) is 18.7 Å². The van der Waals surface area contributed by atoms with Crippen molar-refractivity contribution in [2.75, 3.05) is 0 Å². The molecule has 5 heteroatoms. The van der Waals surface area contributed by atoms with Gasteiger partial charge in [0.15, 0.2) is 5.78 Å². The van der Waals surface area contributed by atoms with Crippen LogP contribution in [0.15, 0.2) is 48.5 Å². The standard InChI is InChI=1S/C17H14F2O3/c1-11-2-9-16(22-17(18)19)14(10-11)15(21)8-5-12-3-6-13(20)7-4-12/h2-10,17,20H,1H3/b8-5+. The van der Waals surface area contributed by atoms with Crippen LogP contribution in [-0.2, 0) is 0 Å². The van der Waals surface area contributed by atoms with E-state index >= 15 is 0 Å². The highest BCUT2D eigenvalue weighted by molar-refractivity contribution is 6.08. The monoisotopic (exact) mass is 304 g/mol. The summed E-state index contributed by atoms with van der Waals surface area (Å²) in [6.07, 6.45) is 2.82. The number of alkyl halides is 2. The topological polar surface area (TPSA) is 46.5 Å². The fourth-order valence-corrected chi connectivity index (χ4v) is 1.88. The molecule has 2 aromatic rings. The van der Waals surface area contributed by atoms with Gasteiger partial charge in [0.2, 0.25) is 0 Å². The Kier molecular flexibility index (Phi) is 4.88. The number of hydrogen-bond acceptors (Lipinski definition) is 3. The molecule has 114 valence electrons. The van der Waals surface area contributed by atoms with Crippen molar-refractivity contribution < 1.29 is 23.4 Å². The second-order valence-electron chi connectivity index (χ2n) is 4.67. The minimum Gasteiger partial charge on any atom is -0.508 e. The number of phenolic OH excluding ortho intramolecular Hbond substituents is 1. The van der Waals surface area contributed by atoms with Crippen molar-refractivity contribution in [1.29, 1.82) is 0 Å². The molecule has 0 aliphatic carbocycles. The van der Waals surface area contributed by atoms with Gasteiger partial charge in [0.25, 0.3) is 0 Å². The third kappa shape index (κ3) is 4.15. The molecule has 0 unspecified atom stereocenters. The Labute approximate surface area is 126 Å². The van der Waals surface area contributed by atoms with Crippen molar-refractivity contribution in [2.24, 2.45) is 0 Å². The number of carbonyl (C=O) groups excluding carboxylic acids is 1. The van der Waals surface area contributed by atoms with E-state index in [1.54, 1.807) is 25.1 Å². The fraction of sp³-hybridized carbons (Fsp3) is 0.118. The third-order valence-electron chi connectivity index (χ3n) is 2.94. The summed E-state index contributed by atoms with van der Waals surface area (Å²) in [7, 11) is 0. The van der Waals surface area contributed by atoms with Crippen molar-refractivity contribution >= 4 is 11.9 Å². The highest BCUT2D eigenvalue weighted by atomic mass is 19.3. The first-order valence-corrected chi connectivity index (χ1v) is 6.52. The quantitative estimate of drug-likeness (QED) is 0.665. The molecule has 0 aromatic heterocycles. The Balaban J connectivity index is 2.24. The van der Waals surface area contributed by atoms with Crippen molar-refractivity contribution in [3.05, 3.63) is 65.2 Å². The Hall–Kier alpha value is -2.69. The minimum atomic E-state index is -2.99. The van der Waals surface area contributed by atoms with E-state index in [0.717, 1.165) is 5.56 Å². The average Bonchev–Trinajstić information content (AvgIpc) is 2.48. The maximum absolute atomic E-state index is 12.4. The normalized spacial score (nSPS) is 11.1. The largest absolute Gasteiger partial charge is 0.508 e. The molecular weight excluding hydrogens is 290 g/mol. The number of phenols is 1. The zero-order valence-corrected chi connectivity index (χ0v) is 11.8. The van der Waals surface area contributed by atoms with E-state index in [2.05, 4.69) is 4.74 Å². The van der Waals surface area contributed by atoms with Crippen molar-refractivity contribution in [1.82, 2.24) is 0 Å². The number of aromatic hydroxyl groups is 1. The minimum absolute atomic E-state index is 0.0790. The summed E-state index contributed by atoms with van der Waals surface area (Å²) in [6.45, 7) is -1.23. The molecule has 0 radical (unpaired) electrons. The summed E-state index contributed by atoms with van der Waals surface area (Å²) >= 11 is 0. The lowest BCUT2D eigenvalue weighted by molar-refractivity contribution is -0.0501. The van der Waals surface area contributed by atoms with E-state index in [0.29, 0.717) is 5.56 Å². The van der Waals surface area contributed by atoms with Crippen molar-refractivity contribution in [3.8, 4) is 11.5 Å². The van der Waals surface area contributed by atoms with Crippen LogP contribution in [0, 0.1) is 6.92 Å². The van der Waals surface area contributed by atoms with Gasteiger partial charge in [-0.25, -0.2) is 0 Å². The number of ketones is 1. The highest BCUT2D eigenvalue weighted by Crippen LogP contribution is 2.23. The van der Waals surface area contributed by atoms with Crippen LogP contribution in [0.4, 0.5) is 8.78 Å². The van der Waals surface area contributed by atoms with Crippen LogP contribution in [0.1, 0.15) is 21.5 Å². The predicted molar refractivity (Wildman–Crippen MR) is 79.3 cm³/mol. The fourth-order valence-electron chi connectivity index (χ4n) is 1.88. The smallest absolute Gasteiger partial charge is 0.387 e. The van der Waals surface area contributed by atoms with Gasteiger partial charge in [0, 0.05) is 0 Å². The van der Waals surface area contributed by atoms with Crippen LogP contribution >= 0.6 is 0 Å². The zero-order valence-electron chi connectivity index (χ0n) is 11.8. The third-order valence-corrected chi connectivity index (χ3v) is 2.94. The molecule has 2 aromatic carbocycles. The van der Waals surface area contributed by atoms with Gasteiger partial charge in [-0.2, -0.15) is 8.78 Å². The lowest BCUT2D eigenvalue weighted by Crippen LogP contribution is -2.07. The van der Waals surface area contributed by atoms with E-state index in [1.165, 1.54) is 36.4 Å². The first-order valence-electron chi connectivity index (χ1n) is 6.52. The summed E-state index contributed by atoms with van der Waals surface area (Å²) in [4.78, 5) is 12.2. The van der Waals surface area contributed by atoms with Gasteiger partial charge in [-0.15, -0.1) is 0 Å². The van der Waals surface area contributed by atoms with Gasteiger partial charge < -0.3 is 9.84 Å². The Morgan fingerprint density at radius 1 is 1.18 bits per heavy atom. The lowest BCUT2D eigenvalue weighted by atomic mass is 10.1. The van der Waals surface area contributed by atoms with Gasteiger partial charge in [-0.1, -0.05) is 29.8 Å². The predicted octanol–water partition coefficient (Wildman–Crippen LogP) is 4.20. The number of hydrogen-bond donors (Lipinski definition) is 1. The Morgan fingerprint density at radius 2 is 1.86 bits per heavy atom. The Morgan fingerprint density at radius 3 is 2.50 bits per heavy atom. The van der Waals surface area contributed by atoms with Crippen LogP contribution in [0.3, 0.4) is 0 Å². The maximum atomic E-state index is 12.4. The first kappa shape index (κ1) is 15.7. The van der Waals surface area contributed by atoms with Crippen molar-refractivity contribution in [3.63, 3.8) is 0 Å². The molecule has 0 aliphatic rings. The average molecular weight is 304 g/mol. The second kappa shape index (κ2) is 6.85. The van der Waals surface area contributed by atoms with Crippen molar-refractivity contribution in [2.45, 2.75) is 13.5 Å². The molecule has 0 heterocycles. The number of aryl methyl sites for hydroxylation is 1. The van der Waals surface area contributed by atoms with Gasteiger partial charge in [-0.05, 0) is 42.8 Å². The van der Waals surface area contributed by atoms with Gasteiger partial charge in [0.05, 0.1) is 5.56 Å². The van der Waals surface area contributed by atoms with Crippen LogP contribution in [0.25, 0.3) is 6.08 Å². The molecule has 3 nitrogen and oxygen atoms in total. The van der Waals surface area contributed by atoms with E-state index in [1.807, 2.05) is 0 Å². The van der Waals surface area contributed by atoms with E-state index in [-0.39, 0.29) is 17.1 Å². The molecule has 0 fully saturated rings. The Bertz CT molecular complexity index is 692. The molecule has 0 saturated carbocycles. The number of rotatable bonds is 5. The highest BCUT2D eigenvalue weighted by Gasteiger charge is 2.14. The lowest BCUT2D eigenvalue weighted by Gasteiger charge is -2.09. The SMILES string of the molecule is Cc1ccc(OC(F)F)c(C(=O)/C=C/c2ccc(O)cc2)c1. The molecule has 1 N–H and O–H groups in total. The van der Waals surface area contributed by atoms with Gasteiger partial charge in [-0.3, -0.25) is 4.79 Å². The first-order chi connectivity index (χ1) is 10.5. The summed E-state index contributed by atoms with van der Waals surface area (Å²) in [5.74, 6) is -0.469. The number of carbonyl (C=O) groups is 1. The molecule has 22 heavy (non-hydrogen) atoms. The molecule has 0 spiro atoms. The van der Waals surface area contributed by atoms with Crippen LogP contribution in [-0.4, -0.2) is 17.5 Å². The number of ether oxygens (including phenoxy) is 1. The number of halogens is 2. The van der Waals surface area contributed by atoms with Crippen LogP contribution in [0.2, 0.25) is 0 Å². The molecule has 0 atom stereocenters. The second-order valence-corrected chi connectivity index (χ2v) is 4.67. The molecule has 0 amide bonds. The molecule has 2 rings (SSSR count). The zero-order chi connectivity index (χ0) is 16.1. The molecule has 0 saturated heterocycles. The van der Waals surface area contributed by atoms with Gasteiger partial charge in [0.1, 0.15) is 11.5 Å². The molecule has 0 aliphatic heterocycles. The summed E-state index contributed by atoms with van der Waals surface area (Å²) < 4.78 is 29.1. The van der Waals surface area contributed by atoms with Gasteiger partial charge >= 0.3 is 6.61 Å². The number of allylic oxidation sites excluding steroid dienone is 1. The van der Waals surface area contributed by atoms with Crippen LogP contribution < -0.4 is 4.74 Å². The number of benzene rings is 2. The van der Waals surface area contributed by atoms with Crippen LogP contribution in [0.5, 0.6) is 11.5 Å². The van der Waals surface area contributed by atoms with E-state index < -0.39 is 12.4 Å². The summed E-state index contributed by atoms with van der Waals surface area (Å²) in [5.41, 5.74) is 1.55. The van der Waals surface area contributed by atoms with E-state index in [4.69, 9.17) is 0 Å². The molecular formula is C17H14F2O3. The summed E-state index contributed by atoms with van der Waals surface area (Å²) in [5, 5.41) is 9.18.